The van der Waals surface area contributed by atoms with Gasteiger partial charge in [-0.1, -0.05) is 12.1 Å². The Hall–Kier alpha value is -1.92. The van der Waals surface area contributed by atoms with Crippen LogP contribution < -0.4 is 16.2 Å². The summed E-state index contributed by atoms with van der Waals surface area (Å²) < 4.78 is 0. The Labute approximate surface area is 111 Å². The molecule has 6 nitrogen and oxygen atoms in total. The third-order valence-electron chi connectivity index (χ3n) is 3.31. The van der Waals surface area contributed by atoms with E-state index in [9.17, 15) is 5.11 Å². The highest BCUT2D eigenvalue weighted by atomic mass is 16.3. The van der Waals surface area contributed by atoms with Crippen LogP contribution in [0.1, 0.15) is 12.8 Å². The number of hydrogen-bond donors (Lipinski definition) is 3. The second-order valence-electron chi connectivity index (χ2n) is 4.68. The third kappa shape index (κ3) is 2.32. The molecule has 1 saturated carbocycles. The number of nitrogens with zero attached hydrogens (tertiary/aromatic N) is 3. The number of para-hydroxylation sites is 1. The molecule has 6 heteroatoms. The number of hydrazine groups is 1. The molecule has 3 rings (SSSR count). The molecule has 0 bridgehead atoms. The second kappa shape index (κ2) is 4.99. The fourth-order valence-corrected chi connectivity index (χ4v) is 2.30. The fraction of sp³-hybridized carbons (Fsp3) is 0.385. The van der Waals surface area contributed by atoms with E-state index < -0.39 is 0 Å². The Morgan fingerprint density at radius 2 is 2.11 bits per heavy atom. The summed E-state index contributed by atoms with van der Waals surface area (Å²) in [5, 5.41) is 10.2. The molecule has 1 aliphatic carbocycles. The number of fused-ring (bicyclic) bond motifs is 1. The molecule has 1 aromatic heterocycles. The van der Waals surface area contributed by atoms with Crippen molar-refractivity contribution >= 4 is 22.7 Å². The summed E-state index contributed by atoms with van der Waals surface area (Å²) in [5.41, 5.74) is 3.36. The largest absolute Gasteiger partial charge is 0.395 e. The van der Waals surface area contributed by atoms with Crippen molar-refractivity contribution in [3.05, 3.63) is 24.3 Å². The lowest BCUT2D eigenvalue weighted by molar-refractivity contribution is 0.301. The Balaban J connectivity index is 2.13. The number of aromatic nitrogens is 2. The molecule has 0 aliphatic heterocycles. The number of hydrogen-bond acceptors (Lipinski definition) is 6. The van der Waals surface area contributed by atoms with Gasteiger partial charge in [0.1, 0.15) is 5.82 Å². The predicted molar refractivity (Wildman–Crippen MR) is 74.8 cm³/mol. The first-order valence-electron chi connectivity index (χ1n) is 6.44. The van der Waals surface area contributed by atoms with Crippen LogP contribution in [0, 0.1) is 0 Å². The Bertz CT molecular complexity index is 584. The molecule has 0 unspecified atom stereocenters. The van der Waals surface area contributed by atoms with Gasteiger partial charge in [-0.3, -0.25) is 5.43 Å². The van der Waals surface area contributed by atoms with E-state index in [0.29, 0.717) is 18.5 Å². The Morgan fingerprint density at radius 3 is 2.79 bits per heavy atom. The maximum absolute atomic E-state index is 9.25. The highest BCUT2D eigenvalue weighted by molar-refractivity contribution is 5.90. The van der Waals surface area contributed by atoms with Gasteiger partial charge in [0.2, 0.25) is 5.95 Å². The van der Waals surface area contributed by atoms with Crippen LogP contribution in [0.25, 0.3) is 10.9 Å². The van der Waals surface area contributed by atoms with Gasteiger partial charge in [0, 0.05) is 18.0 Å². The van der Waals surface area contributed by atoms with E-state index in [1.807, 2.05) is 24.3 Å². The van der Waals surface area contributed by atoms with Crippen molar-refractivity contribution in [3.63, 3.8) is 0 Å². The summed E-state index contributed by atoms with van der Waals surface area (Å²) in [5.74, 6) is 6.68. The first kappa shape index (κ1) is 12.1. The number of aliphatic hydroxyl groups is 1. The summed E-state index contributed by atoms with van der Waals surface area (Å²) in [6, 6.07) is 8.31. The van der Waals surface area contributed by atoms with Gasteiger partial charge in [0.25, 0.3) is 0 Å². The lowest BCUT2D eigenvalue weighted by Crippen LogP contribution is -2.30. The van der Waals surface area contributed by atoms with Crippen LogP contribution in [0.15, 0.2) is 24.3 Å². The van der Waals surface area contributed by atoms with Gasteiger partial charge >= 0.3 is 0 Å². The van der Waals surface area contributed by atoms with Crippen molar-refractivity contribution in [3.8, 4) is 0 Å². The molecule has 0 saturated heterocycles. The van der Waals surface area contributed by atoms with E-state index in [0.717, 1.165) is 29.6 Å². The number of nitrogens with two attached hydrogens (primary N) is 1. The fourth-order valence-electron chi connectivity index (χ4n) is 2.30. The summed E-state index contributed by atoms with van der Waals surface area (Å²) in [7, 11) is 0. The van der Waals surface area contributed by atoms with Crippen LogP contribution >= 0.6 is 0 Å². The van der Waals surface area contributed by atoms with Gasteiger partial charge in [0.05, 0.1) is 12.1 Å². The highest BCUT2D eigenvalue weighted by Crippen LogP contribution is 2.34. The zero-order valence-corrected chi connectivity index (χ0v) is 10.6. The van der Waals surface area contributed by atoms with Crippen molar-refractivity contribution in [1.29, 1.82) is 0 Å². The molecule has 0 amide bonds. The smallest absolute Gasteiger partial charge is 0.239 e. The molecule has 1 aliphatic rings. The Kier molecular flexibility index (Phi) is 3.18. The summed E-state index contributed by atoms with van der Waals surface area (Å²) >= 11 is 0. The van der Waals surface area contributed by atoms with Gasteiger partial charge in [0.15, 0.2) is 0 Å². The Morgan fingerprint density at radius 1 is 1.32 bits per heavy atom. The minimum Gasteiger partial charge on any atom is -0.395 e. The van der Waals surface area contributed by atoms with Gasteiger partial charge in [-0.15, -0.1) is 0 Å². The number of aliphatic hydroxyl groups excluding tert-OH is 1. The minimum absolute atomic E-state index is 0.111. The van der Waals surface area contributed by atoms with Crippen molar-refractivity contribution in [2.24, 2.45) is 5.84 Å². The van der Waals surface area contributed by atoms with E-state index >= 15 is 0 Å². The number of rotatable bonds is 5. The molecule has 0 atom stereocenters. The SMILES string of the molecule is NNc1nc(N(CCO)C2CC2)c2ccccc2n1. The zero-order chi connectivity index (χ0) is 13.2. The lowest BCUT2D eigenvalue weighted by atomic mass is 10.2. The number of nitrogen functional groups attached to an aromatic ring is 1. The lowest BCUT2D eigenvalue weighted by Gasteiger charge is -2.24. The van der Waals surface area contributed by atoms with Crippen molar-refractivity contribution in [2.45, 2.75) is 18.9 Å². The molecule has 1 fully saturated rings. The average molecular weight is 259 g/mol. The van der Waals surface area contributed by atoms with Gasteiger partial charge < -0.3 is 10.0 Å². The maximum atomic E-state index is 9.25. The van der Waals surface area contributed by atoms with E-state index in [2.05, 4.69) is 20.3 Å². The molecule has 0 radical (unpaired) electrons. The first-order valence-corrected chi connectivity index (χ1v) is 6.44. The standard InChI is InChI=1S/C13H17N5O/c14-17-13-15-11-4-2-1-3-10(11)12(16-13)18(7-8-19)9-5-6-9/h1-4,9,19H,5-8,14H2,(H,15,16,17). The van der Waals surface area contributed by atoms with Crippen molar-refractivity contribution in [1.82, 2.24) is 9.97 Å². The van der Waals surface area contributed by atoms with E-state index in [1.165, 1.54) is 0 Å². The normalized spacial score (nSPS) is 14.6. The van der Waals surface area contributed by atoms with E-state index in [-0.39, 0.29) is 6.61 Å². The second-order valence-corrected chi connectivity index (χ2v) is 4.68. The summed E-state index contributed by atoms with van der Waals surface area (Å²) in [6.07, 6.45) is 2.29. The predicted octanol–water partition coefficient (Wildman–Crippen LogP) is 0.876. The highest BCUT2D eigenvalue weighted by Gasteiger charge is 2.31. The zero-order valence-electron chi connectivity index (χ0n) is 10.6. The van der Waals surface area contributed by atoms with Gasteiger partial charge in [-0.2, -0.15) is 4.98 Å². The molecule has 100 valence electrons. The van der Waals surface area contributed by atoms with Crippen LogP contribution in [0.2, 0.25) is 0 Å². The summed E-state index contributed by atoms with van der Waals surface area (Å²) in [6.45, 7) is 0.690. The van der Waals surface area contributed by atoms with E-state index in [4.69, 9.17) is 5.84 Å². The third-order valence-corrected chi connectivity index (χ3v) is 3.31. The monoisotopic (exact) mass is 259 g/mol. The van der Waals surface area contributed by atoms with E-state index in [1.54, 1.807) is 0 Å². The molecule has 2 aromatic rings. The van der Waals surface area contributed by atoms with Crippen LogP contribution in [-0.2, 0) is 0 Å². The van der Waals surface area contributed by atoms with Crippen LogP contribution in [0.5, 0.6) is 0 Å². The molecule has 1 aromatic carbocycles. The molecular formula is C13H17N5O. The quantitative estimate of drug-likeness (QED) is 0.545. The molecule has 4 N–H and O–H groups in total. The minimum atomic E-state index is 0.111. The number of anilines is 2. The maximum Gasteiger partial charge on any atom is 0.239 e. The summed E-state index contributed by atoms with van der Waals surface area (Å²) in [4.78, 5) is 11.0. The van der Waals surface area contributed by atoms with Crippen LogP contribution in [0.3, 0.4) is 0 Å². The van der Waals surface area contributed by atoms with Crippen LogP contribution in [-0.4, -0.2) is 34.3 Å². The molecular weight excluding hydrogens is 242 g/mol. The average Bonchev–Trinajstić information content (AvgIpc) is 3.28. The number of nitrogens with one attached hydrogen (secondary N) is 1. The van der Waals surface area contributed by atoms with Crippen molar-refractivity contribution in [2.75, 3.05) is 23.5 Å². The molecule has 1 heterocycles. The molecule has 0 spiro atoms. The van der Waals surface area contributed by atoms with Gasteiger partial charge in [-0.05, 0) is 25.0 Å². The van der Waals surface area contributed by atoms with Crippen LogP contribution in [0.4, 0.5) is 11.8 Å². The van der Waals surface area contributed by atoms with Gasteiger partial charge in [-0.25, -0.2) is 10.8 Å². The molecule has 19 heavy (non-hydrogen) atoms. The topological polar surface area (TPSA) is 87.3 Å². The first-order chi connectivity index (χ1) is 9.33. The number of benzene rings is 1. The van der Waals surface area contributed by atoms with Crippen molar-refractivity contribution < 1.29 is 5.11 Å².